The van der Waals surface area contributed by atoms with E-state index in [4.69, 9.17) is 17.3 Å². The van der Waals surface area contributed by atoms with Crippen LogP contribution in [0.2, 0.25) is 5.02 Å². The summed E-state index contributed by atoms with van der Waals surface area (Å²) in [7, 11) is 0. The monoisotopic (exact) mass is 224 g/mol. The number of benzene rings is 1. The fraction of sp³-hybridized carbons (Fsp3) is 0.500. The Morgan fingerprint density at radius 3 is 2.67 bits per heavy atom. The van der Waals surface area contributed by atoms with E-state index in [9.17, 15) is 0 Å². The molecule has 82 valence electrons. The second kappa shape index (κ2) is 3.60. The Labute approximate surface area is 96.0 Å². The highest BCUT2D eigenvalue weighted by molar-refractivity contribution is 6.33. The number of nitrogens with zero attached hydrogens (tertiary/aromatic N) is 1. The van der Waals surface area contributed by atoms with E-state index in [-0.39, 0.29) is 0 Å². The molecular weight excluding hydrogens is 208 g/mol. The first-order chi connectivity index (χ1) is 6.98. The number of hydrogen-bond acceptors (Lipinski definition) is 2. The molecule has 0 saturated carbocycles. The lowest BCUT2D eigenvalue weighted by Crippen LogP contribution is -2.22. The third-order valence-corrected chi connectivity index (χ3v) is 3.29. The lowest BCUT2D eigenvalue weighted by Gasteiger charge is -2.22. The second-order valence-electron chi connectivity index (χ2n) is 5.05. The smallest absolute Gasteiger partial charge is 0.0660 e. The van der Waals surface area contributed by atoms with Crippen molar-refractivity contribution in [3.8, 4) is 0 Å². The summed E-state index contributed by atoms with van der Waals surface area (Å²) in [5.74, 6) is 0. The Hall–Kier alpha value is -0.890. The van der Waals surface area contributed by atoms with Crippen molar-refractivity contribution in [2.45, 2.75) is 20.3 Å². The number of nitrogens with two attached hydrogens (primary N) is 1. The molecule has 0 atom stereocenters. The fourth-order valence-electron chi connectivity index (χ4n) is 2.10. The first-order valence-electron chi connectivity index (χ1n) is 5.28. The largest absolute Gasteiger partial charge is 0.399 e. The molecule has 1 saturated heterocycles. The van der Waals surface area contributed by atoms with Crippen LogP contribution < -0.4 is 10.6 Å². The van der Waals surface area contributed by atoms with Crippen LogP contribution in [0.1, 0.15) is 20.3 Å². The van der Waals surface area contributed by atoms with Crippen LogP contribution in [0, 0.1) is 5.41 Å². The minimum atomic E-state index is 0.394. The van der Waals surface area contributed by atoms with Gasteiger partial charge in [0.05, 0.1) is 10.7 Å². The van der Waals surface area contributed by atoms with Crippen LogP contribution in [0.25, 0.3) is 0 Å². The Bertz CT molecular complexity index is 374. The molecule has 2 N–H and O–H groups in total. The second-order valence-corrected chi connectivity index (χ2v) is 5.45. The van der Waals surface area contributed by atoms with Gasteiger partial charge < -0.3 is 10.6 Å². The molecule has 0 aromatic heterocycles. The molecule has 2 rings (SSSR count). The number of hydrogen-bond donors (Lipinski definition) is 1. The zero-order chi connectivity index (χ0) is 11.1. The minimum Gasteiger partial charge on any atom is -0.399 e. The summed E-state index contributed by atoms with van der Waals surface area (Å²) in [5.41, 5.74) is 7.90. The van der Waals surface area contributed by atoms with Crippen molar-refractivity contribution >= 4 is 23.0 Å². The van der Waals surface area contributed by atoms with E-state index in [1.807, 2.05) is 18.2 Å². The molecule has 0 spiro atoms. The number of anilines is 2. The predicted molar refractivity (Wildman–Crippen MR) is 66.5 cm³/mol. The van der Waals surface area contributed by atoms with Gasteiger partial charge in [0.25, 0.3) is 0 Å². The third kappa shape index (κ3) is 2.20. The molecule has 0 radical (unpaired) electrons. The van der Waals surface area contributed by atoms with Gasteiger partial charge in [0.15, 0.2) is 0 Å². The van der Waals surface area contributed by atoms with Crippen molar-refractivity contribution < 1.29 is 0 Å². The zero-order valence-electron chi connectivity index (χ0n) is 9.26. The first-order valence-corrected chi connectivity index (χ1v) is 5.66. The zero-order valence-corrected chi connectivity index (χ0v) is 10.0. The van der Waals surface area contributed by atoms with Crippen LogP contribution in [-0.4, -0.2) is 13.1 Å². The summed E-state index contributed by atoms with van der Waals surface area (Å²) in [6.07, 6.45) is 1.22. The summed E-state index contributed by atoms with van der Waals surface area (Å²) < 4.78 is 0. The molecule has 0 bridgehead atoms. The van der Waals surface area contributed by atoms with Crippen molar-refractivity contribution in [2.24, 2.45) is 5.41 Å². The molecule has 0 unspecified atom stereocenters. The normalized spacial score (nSPS) is 19.5. The van der Waals surface area contributed by atoms with E-state index in [2.05, 4.69) is 18.7 Å². The van der Waals surface area contributed by atoms with Gasteiger partial charge in [-0.1, -0.05) is 25.4 Å². The number of halogens is 1. The van der Waals surface area contributed by atoms with Crippen LogP contribution in [-0.2, 0) is 0 Å². The molecule has 1 aromatic rings. The Morgan fingerprint density at radius 1 is 1.40 bits per heavy atom. The topological polar surface area (TPSA) is 29.3 Å². The lowest BCUT2D eigenvalue weighted by molar-refractivity contribution is 0.418. The van der Waals surface area contributed by atoms with E-state index in [0.29, 0.717) is 5.41 Å². The minimum absolute atomic E-state index is 0.394. The van der Waals surface area contributed by atoms with Gasteiger partial charge in [-0.05, 0) is 30.0 Å². The van der Waals surface area contributed by atoms with Crippen LogP contribution in [0.15, 0.2) is 18.2 Å². The summed E-state index contributed by atoms with van der Waals surface area (Å²) in [5, 5.41) is 0.757. The summed E-state index contributed by atoms with van der Waals surface area (Å²) in [6, 6.07) is 5.74. The highest BCUT2D eigenvalue weighted by Gasteiger charge is 2.29. The maximum atomic E-state index is 6.18. The quantitative estimate of drug-likeness (QED) is 0.743. The molecule has 2 nitrogen and oxygen atoms in total. The molecule has 1 aromatic carbocycles. The number of nitrogen functional groups attached to an aromatic ring is 1. The average molecular weight is 225 g/mol. The molecule has 15 heavy (non-hydrogen) atoms. The van der Waals surface area contributed by atoms with Gasteiger partial charge in [-0.3, -0.25) is 0 Å². The van der Waals surface area contributed by atoms with Crippen molar-refractivity contribution in [3.63, 3.8) is 0 Å². The van der Waals surface area contributed by atoms with Crippen molar-refractivity contribution in [3.05, 3.63) is 23.2 Å². The standard InChI is InChI=1S/C12H17ClN2/c1-12(2)5-6-15(8-12)11-4-3-9(14)7-10(11)13/h3-4,7H,5-6,8,14H2,1-2H3. The lowest BCUT2D eigenvalue weighted by atomic mass is 9.93. The van der Waals surface area contributed by atoms with Gasteiger partial charge in [-0.15, -0.1) is 0 Å². The highest BCUT2D eigenvalue weighted by Crippen LogP contribution is 2.36. The van der Waals surface area contributed by atoms with E-state index in [1.54, 1.807) is 0 Å². The Balaban J connectivity index is 2.24. The summed E-state index contributed by atoms with van der Waals surface area (Å²) in [6.45, 7) is 6.73. The van der Waals surface area contributed by atoms with Gasteiger partial charge >= 0.3 is 0 Å². The Morgan fingerprint density at radius 2 is 2.13 bits per heavy atom. The fourth-order valence-corrected chi connectivity index (χ4v) is 2.41. The predicted octanol–water partition coefficient (Wildman–Crippen LogP) is 3.16. The van der Waals surface area contributed by atoms with E-state index < -0.39 is 0 Å². The highest BCUT2D eigenvalue weighted by atomic mass is 35.5. The molecule has 0 aliphatic carbocycles. The van der Waals surface area contributed by atoms with Crippen molar-refractivity contribution in [2.75, 3.05) is 23.7 Å². The maximum absolute atomic E-state index is 6.18. The van der Waals surface area contributed by atoms with Crippen LogP contribution in [0.5, 0.6) is 0 Å². The SMILES string of the molecule is CC1(C)CCN(c2ccc(N)cc2Cl)C1. The summed E-state index contributed by atoms with van der Waals surface area (Å²) in [4.78, 5) is 2.34. The average Bonchev–Trinajstić information content (AvgIpc) is 2.46. The molecule has 1 heterocycles. The van der Waals surface area contributed by atoms with E-state index in [0.717, 1.165) is 29.5 Å². The van der Waals surface area contributed by atoms with Gasteiger partial charge in [-0.2, -0.15) is 0 Å². The molecule has 3 heteroatoms. The number of rotatable bonds is 1. The van der Waals surface area contributed by atoms with E-state index >= 15 is 0 Å². The molecule has 1 fully saturated rings. The molecule has 1 aliphatic rings. The summed E-state index contributed by atoms with van der Waals surface area (Å²) >= 11 is 6.18. The van der Waals surface area contributed by atoms with Gasteiger partial charge in [-0.25, -0.2) is 0 Å². The first kappa shape index (κ1) is 10.6. The maximum Gasteiger partial charge on any atom is 0.0660 e. The van der Waals surface area contributed by atoms with Crippen molar-refractivity contribution in [1.82, 2.24) is 0 Å². The van der Waals surface area contributed by atoms with Crippen molar-refractivity contribution in [1.29, 1.82) is 0 Å². The molecule has 0 amide bonds. The van der Waals surface area contributed by atoms with Crippen LogP contribution in [0.4, 0.5) is 11.4 Å². The van der Waals surface area contributed by atoms with Gasteiger partial charge in [0, 0.05) is 18.8 Å². The van der Waals surface area contributed by atoms with Gasteiger partial charge in [0.2, 0.25) is 0 Å². The van der Waals surface area contributed by atoms with Gasteiger partial charge in [0.1, 0.15) is 0 Å². The Kier molecular flexibility index (Phi) is 2.55. The van der Waals surface area contributed by atoms with E-state index in [1.165, 1.54) is 6.42 Å². The molecular formula is C12H17ClN2. The van der Waals surface area contributed by atoms with Crippen LogP contribution >= 0.6 is 11.6 Å². The molecule has 1 aliphatic heterocycles. The van der Waals surface area contributed by atoms with Crippen LogP contribution in [0.3, 0.4) is 0 Å². The third-order valence-electron chi connectivity index (χ3n) is 2.99.